The average molecular weight is 896 g/mol. The molecule has 0 aliphatic heterocycles. The predicted molar refractivity (Wildman–Crippen MR) is 196 cm³/mol. The van der Waals surface area contributed by atoms with Crippen LogP contribution in [0.15, 0.2) is 115 Å². The Morgan fingerprint density at radius 3 is 0.846 bits per heavy atom. The quantitative estimate of drug-likeness (QED) is 0.133. The fourth-order valence-electron chi connectivity index (χ4n) is 5.49. The van der Waals surface area contributed by atoms with Crippen LogP contribution in [-0.4, -0.2) is 0 Å². The van der Waals surface area contributed by atoms with E-state index in [0.29, 0.717) is 0 Å². The summed E-state index contributed by atoms with van der Waals surface area (Å²) in [5, 5.41) is 15.7. The van der Waals surface area contributed by atoms with E-state index in [1.807, 2.05) is 0 Å². The molecule has 39 heavy (non-hydrogen) atoms. The van der Waals surface area contributed by atoms with E-state index in [0.717, 1.165) is 17.9 Å². The monoisotopic (exact) mass is 890 g/mol. The second kappa shape index (κ2) is 11.9. The first kappa shape index (κ1) is 29.2. The van der Waals surface area contributed by atoms with E-state index in [1.54, 1.807) is 0 Å². The average Bonchev–Trinajstić information content (AvgIpc) is 2.95. The molecule has 0 aromatic heterocycles. The molecule has 8 aromatic carbocycles. The van der Waals surface area contributed by atoms with E-state index in [4.69, 9.17) is 0 Å². The van der Waals surface area contributed by atoms with Crippen LogP contribution in [0, 0.1) is 0 Å². The predicted octanol–water partition coefficient (Wildman–Crippen LogP) is 14.5. The zero-order chi connectivity index (χ0) is 26.6. The fourth-order valence-corrected chi connectivity index (χ4v) is 8.35. The largest absolute Gasteiger partial charge is 0.0776 e. The lowest BCUT2D eigenvalue weighted by molar-refractivity contribution is 1.68. The molecular weight excluding hydrogens is 876 g/mol. The Morgan fingerprint density at radius 2 is 0.590 bits per heavy atom. The van der Waals surface area contributed by atoms with Gasteiger partial charge < -0.3 is 0 Å². The summed E-state index contributed by atoms with van der Waals surface area (Å²) >= 11 is 20.2. The fraction of sp³-hybridized carbons (Fsp3) is 0.0303. The SMILES string of the molecule is BrBr.Brc1cc(Br)c2ccc3c(Br)cc(Br)c4ccc1c2c43.C.c1cc2ccc3cccc4ccc(c1)c2c34. The molecular formula is C33H20Br6. The van der Waals surface area contributed by atoms with E-state index in [-0.39, 0.29) is 7.43 Å². The Hall–Kier alpha value is -1.28. The molecule has 0 radical (unpaired) electrons. The third-order valence-electron chi connectivity index (χ3n) is 7.09. The van der Waals surface area contributed by atoms with E-state index in [9.17, 15) is 0 Å². The van der Waals surface area contributed by atoms with Crippen molar-refractivity contribution in [2.45, 2.75) is 7.43 Å². The van der Waals surface area contributed by atoms with Crippen LogP contribution >= 0.6 is 92.0 Å². The summed E-state index contributed by atoms with van der Waals surface area (Å²) in [5.74, 6) is 0. The summed E-state index contributed by atoms with van der Waals surface area (Å²) in [5.41, 5.74) is 0. The molecule has 0 N–H and O–H groups in total. The van der Waals surface area contributed by atoms with Gasteiger partial charge in [-0.2, -0.15) is 0 Å². The van der Waals surface area contributed by atoms with Gasteiger partial charge in [-0.05, 0) is 76.8 Å². The van der Waals surface area contributed by atoms with Crippen molar-refractivity contribution in [3.05, 3.63) is 115 Å². The topological polar surface area (TPSA) is 0 Å². The second-order valence-corrected chi connectivity index (χ2v) is 12.5. The molecule has 0 saturated heterocycles. The highest BCUT2D eigenvalue weighted by Crippen LogP contribution is 2.44. The lowest BCUT2D eigenvalue weighted by Crippen LogP contribution is -1.87. The molecule has 0 fully saturated rings. The van der Waals surface area contributed by atoms with Crippen molar-refractivity contribution in [2.75, 3.05) is 0 Å². The Morgan fingerprint density at radius 1 is 0.333 bits per heavy atom. The van der Waals surface area contributed by atoms with E-state index in [2.05, 4.69) is 189 Å². The molecule has 0 bridgehead atoms. The minimum atomic E-state index is 0. The van der Waals surface area contributed by atoms with Gasteiger partial charge in [0, 0.05) is 46.1 Å². The van der Waals surface area contributed by atoms with Gasteiger partial charge in [-0.15, -0.1) is 0 Å². The molecule has 6 heteroatoms. The lowest BCUT2D eigenvalue weighted by atomic mass is 9.94. The standard InChI is InChI=1S/C16H6Br4.C16H10.CH4.Br2/c17-11-5-13(19)9-3-4-10-14(20)6-12(18)8-2-1-7(11)15(9)16(8)10;1-3-11-7-9-13-5-2-6-14-10-8-12(4-1)15(11)16(13)14;;1-2/h1-6H;1-10H;1H4;. The number of hydrogen-bond acceptors (Lipinski definition) is 0. The molecule has 0 aliphatic carbocycles. The van der Waals surface area contributed by atoms with E-state index in [1.165, 1.54) is 64.6 Å². The third-order valence-corrected chi connectivity index (χ3v) is 9.71. The molecule has 8 rings (SSSR count). The Kier molecular flexibility index (Phi) is 8.92. The zero-order valence-electron chi connectivity index (χ0n) is 19.5. The minimum Gasteiger partial charge on any atom is -0.0776 e. The van der Waals surface area contributed by atoms with Gasteiger partial charge in [-0.1, -0.05) is 156 Å². The maximum atomic E-state index is 3.68. The molecule has 0 amide bonds. The summed E-state index contributed by atoms with van der Waals surface area (Å²) in [6, 6.07) is 34.8. The van der Waals surface area contributed by atoms with E-state index < -0.39 is 0 Å². The summed E-state index contributed by atoms with van der Waals surface area (Å²) in [4.78, 5) is 0. The van der Waals surface area contributed by atoms with Crippen molar-refractivity contribution in [2.24, 2.45) is 0 Å². The van der Waals surface area contributed by atoms with Crippen LogP contribution in [0.4, 0.5) is 0 Å². The van der Waals surface area contributed by atoms with Crippen molar-refractivity contribution in [3.63, 3.8) is 0 Å². The van der Waals surface area contributed by atoms with Crippen LogP contribution in [0.25, 0.3) is 64.6 Å². The highest BCUT2D eigenvalue weighted by Gasteiger charge is 2.15. The summed E-state index contributed by atoms with van der Waals surface area (Å²) in [6.45, 7) is 0. The van der Waals surface area contributed by atoms with Crippen molar-refractivity contribution in [3.8, 4) is 0 Å². The molecule has 0 unspecified atom stereocenters. The highest BCUT2D eigenvalue weighted by atomic mass is 80.9. The molecule has 8 aromatic rings. The Balaban J connectivity index is 0.000000148. The van der Waals surface area contributed by atoms with Gasteiger partial charge in [-0.3, -0.25) is 0 Å². The van der Waals surface area contributed by atoms with Crippen LogP contribution in [0.2, 0.25) is 0 Å². The third kappa shape index (κ3) is 4.93. The lowest BCUT2D eigenvalue weighted by Gasteiger charge is -2.15. The van der Waals surface area contributed by atoms with Crippen LogP contribution < -0.4 is 0 Å². The van der Waals surface area contributed by atoms with Crippen molar-refractivity contribution >= 4 is 157 Å². The van der Waals surface area contributed by atoms with E-state index >= 15 is 0 Å². The van der Waals surface area contributed by atoms with Gasteiger partial charge >= 0.3 is 0 Å². The van der Waals surface area contributed by atoms with Crippen molar-refractivity contribution < 1.29 is 0 Å². The molecule has 0 saturated carbocycles. The number of hydrogen-bond donors (Lipinski definition) is 0. The van der Waals surface area contributed by atoms with Crippen molar-refractivity contribution in [1.82, 2.24) is 0 Å². The zero-order valence-corrected chi connectivity index (χ0v) is 29.0. The maximum absolute atomic E-state index is 3.68. The second-order valence-electron chi connectivity index (χ2n) is 9.04. The Bertz CT molecular complexity index is 1810. The molecule has 0 spiro atoms. The number of benzene rings is 8. The molecule has 0 heterocycles. The molecule has 0 atom stereocenters. The maximum Gasteiger partial charge on any atom is 0.0265 e. The summed E-state index contributed by atoms with van der Waals surface area (Å²) in [7, 11) is 0. The van der Waals surface area contributed by atoms with Crippen LogP contribution in [0.5, 0.6) is 0 Å². The van der Waals surface area contributed by atoms with Gasteiger partial charge in [0.25, 0.3) is 0 Å². The van der Waals surface area contributed by atoms with Gasteiger partial charge in [0.2, 0.25) is 0 Å². The first-order chi connectivity index (χ1) is 18.5. The Labute approximate surface area is 276 Å². The summed E-state index contributed by atoms with van der Waals surface area (Å²) < 4.78 is 4.45. The first-order valence-electron chi connectivity index (χ1n) is 11.7. The highest BCUT2D eigenvalue weighted by molar-refractivity contribution is 9.93. The molecule has 0 nitrogen and oxygen atoms in total. The van der Waals surface area contributed by atoms with Gasteiger partial charge in [0.05, 0.1) is 0 Å². The number of rotatable bonds is 0. The molecule has 194 valence electrons. The van der Waals surface area contributed by atoms with Crippen LogP contribution in [-0.2, 0) is 0 Å². The molecule has 0 aliphatic rings. The number of halogens is 6. The van der Waals surface area contributed by atoms with Crippen molar-refractivity contribution in [1.29, 1.82) is 0 Å². The normalized spacial score (nSPS) is 11.1. The summed E-state index contributed by atoms with van der Waals surface area (Å²) in [6.07, 6.45) is 0. The van der Waals surface area contributed by atoms with Gasteiger partial charge in [-0.25, -0.2) is 0 Å². The first-order valence-corrected chi connectivity index (χ1v) is 18.6. The van der Waals surface area contributed by atoms with Gasteiger partial charge in [0.1, 0.15) is 0 Å². The van der Waals surface area contributed by atoms with Crippen LogP contribution in [0.1, 0.15) is 7.43 Å². The smallest absolute Gasteiger partial charge is 0.0265 e. The van der Waals surface area contributed by atoms with Crippen LogP contribution in [0.3, 0.4) is 0 Å². The minimum absolute atomic E-state index is 0. The van der Waals surface area contributed by atoms with Gasteiger partial charge in [0.15, 0.2) is 0 Å².